The van der Waals surface area contributed by atoms with E-state index in [-0.39, 0.29) is 5.78 Å². The second-order valence-electron chi connectivity index (χ2n) is 4.65. The molecule has 2 aromatic heterocycles. The number of carbonyl (C=O) groups is 1. The highest BCUT2D eigenvalue weighted by molar-refractivity contribution is 7.13. The van der Waals surface area contributed by atoms with Crippen LogP contribution >= 0.6 is 22.9 Å². The van der Waals surface area contributed by atoms with Gasteiger partial charge in [-0.15, -0.1) is 11.3 Å². The molecule has 20 heavy (non-hydrogen) atoms. The van der Waals surface area contributed by atoms with Crippen LogP contribution in [0.2, 0.25) is 5.02 Å². The predicted molar refractivity (Wildman–Crippen MR) is 83.8 cm³/mol. The molecule has 0 aliphatic rings. The largest absolute Gasteiger partial charge is 0.293 e. The SMILES string of the molecule is Cc1csc(C(=O)Cc2ccnc3ccccc23)c1Cl. The van der Waals surface area contributed by atoms with Crippen LogP contribution in [0, 0.1) is 6.92 Å². The molecule has 0 spiro atoms. The van der Waals surface area contributed by atoms with Crippen molar-refractivity contribution in [3.8, 4) is 0 Å². The van der Waals surface area contributed by atoms with Crippen molar-refractivity contribution in [3.63, 3.8) is 0 Å². The van der Waals surface area contributed by atoms with Crippen molar-refractivity contribution >= 4 is 39.6 Å². The molecule has 0 unspecified atom stereocenters. The lowest BCUT2D eigenvalue weighted by Crippen LogP contribution is -2.03. The molecule has 0 aliphatic heterocycles. The van der Waals surface area contributed by atoms with Gasteiger partial charge in [0, 0.05) is 18.0 Å². The van der Waals surface area contributed by atoms with E-state index in [0.717, 1.165) is 22.0 Å². The van der Waals surface area contributed by atoms with Crippen LogP contribution in [0.15, 0.2) is 41.9 Å². The van der Waals surface area contributed by atoms with Gasteiger partial charge in [0.2, 0.25) is 0 Å². The zero-order chi connectivity index (χ0) is 14.1. The Labute approximate surface area is 126 Å². The topological polar surface area (TPSA) is 30.0 Å². The normalized spacial score (nSPS) is 10.9. The molecule has 0 amide bonds. The third kappa shape index (κ3) is 2.35. The van der Waals surface area contributed by atoms with Crippen molar-refractivity contribution in [2.45, 2.75) is 13.3 Å². The standard InChI is InChI=1S/C16H12ClNOS/c1-10-9-20-16(15(10)17)14(19)8-11-6-7-18-13-5-3-2-4-12(11)13/h2-7,9H,8H2,1H3. The van der Waals surface area contributed by atoms with E-state index in [0.29, 0.717) is 16.3 Å². The van der Waals surface area contributed by atoms with Crippen LogP contribution in [0.4, 0.5) is 0 Å². The highest BCUT2D eigenvalue weighted by Crippen LogP contribution is 2.29. The summed E-state index contributed by atoms with van der Waals surface area (Å²) in [5.41, 5.74) is 2.86. The smallest absolute Gasteiger partial charge is 0.178 e. The van der Waals surface area contributed by atoms with E-state index >= 15 is 0 Å². The first-order chi connectivity index (χ1) is 9.66. The quantitative estimate of drug-likeness (QED) is 0.657. The molecule has 0 atom stereocenters. The van der Waals surface area contributed by atoms with E-state index in [9.17, 15) is 4.79 Å². The van der Waals surface area contributed by atoms with E-state index in [1.54, 1.807) is 6.20 Å². The Morgan fingerprint density at radius 3 is 2.85 bits per heavy atom. The Balaban J connectivity index is 1.97. The number of halogens is 1. The van der Waals surface area contributed by atoms with E-state index in [2.05, 4.69) is 4.98 Å². The highest BCUT2D eigenvalue weighted by atomic mass is 35.5. The number of fused-ring (bicyclic) bond motifs is 1. The van der Waals surface area contributed by atoms with Gasteiger partial charge in [-0.1, -0.05) is 29.8 Å². The van der Waals surface area contributed by atoms with Gasteiger partial charge in [-0.05, 0) is 35.6 Å². The summed E-state index contributed by atoms with van der Waals surface area (Å²) in [6.07, 6.45) is 2.09. The summed E-state index contributed by atoms with van der Waals surface area (Å²) >= 11 is 7.58. The zero-order valence-corrected chi connectivity index (χ0v) is 12.5. The van der Waals surface area contributed by atoms with Crippen LogP contribution in [0.3, 0.4) is 0 Å². The Kier molecular flexibility index (Phi) is 3.55. The van der Waals surface area contributed by atoms with E-state index in [4.69, 9.17) is 11.6 Å². The number of para-hydroxylation sites is 1. The highest BCUT2D eigenvalue weighted by Gasteiger charge is 2.16. The molecule has 0 aliphatic carbocycles. The molecule has 4 heteroatoms. The molecule has 2 heterocycles. The van der Waals surface area contributed by atoms with E-state index in [1.807, 2.05) is 42.6 Å². The molecule has 100 valence electrons. The number of benzene rings is 1. The minimum Gasteiger partial charge on any atom is -0.293 e. The first-order valence-electron chi connectivity index (χ1n) is 6.26. The molecule has 1 aromatic carbocycles. The number of hydrogen-bond acceptors (Lipinski definition) is 3. The maximum Gasteiger partial charge on any atom is 0.178 e. The number of rotatable bonds is 3. The molecule has 0 radical (unpaired) electrons. The van der Waals surface area contributed by atoms with Crippen LogP contribution in [0.5, 0.6) is 0 Å². The Morgan fingerprint density at radius 2 is 2.10 bits per heavy atom. The number of aromatic nitrogens is 1. The van der Waals surface area contributed by atoms with Crippen LogP contribution in [-0.2, 0) is 6.42 Å². The van der Waals surface area contributed by atoms with Crippen molar-refractivity contribution in [2.24, 2.45) is 0 Å². The Hall–Kier alpha value is -1.71. The third-order valence-corrected chi connectivity index (χ3v) is 4.98. The maximum atomic E-state index is 12.4. The Morgan fingerprint density at radius 1 is 1.30 bits per heavy atom. The molecular formula is C16H12ClNOS. The maximum absolute atomic E-state index is 12.4. The molecule has 0 N–H and O–H groups in total. The average molecular weight is 302 g/mol. The lowest BCUT2D eigenvalue weighted by atomic mass is 10.0. The molecular weight excluding hydrogens is 290 g/mol. The molecule has 3 aromatic rings. The van der Waals surface area contributed by atoms with Crippen LogP contribution in [0.25, 0.3) is 10.9 Å². The number of carbonyl (C=O) groups excluding carboxylic acids is 1. The lowest BCUT2D eigenvalue weighted by Gasteiger charge is -2.05. The monoisotopic (exact) mass is 301 g/mol. The molecule has 0 saturated carbocycles. The van der Waals surface area contributed by atoms with Gasteiger partial charge < -0.3 is 0 Å². The second-order valence-corrected chi connectivity index (χ2v) is 5.91. The third-order valence-electron chi connectivity index (χ3n) is 3.24. The summed E-state index contributed by atoms with van der Waals surface area (Å²) in [4.78, 5) is 17.3. The van der Waals surface area contributed by atoms with Gasteiger partial charge in [0.05, 0.1) is 15.4 Å². The van der Waals surface area contributed by atoms with Crippen LogP contribution in [-0.4, -0.2) is 10.8 Å². The van der Waals surface area contributed by atoms with Crippen molar-refractivity contribution in [1.82, 2.24) is 4.98 Å². The Bertz CT molecular complexity index is 789. The molecule has 2 nitrogen and oxygen atoms in total. The fourth-order valence-corrected chi connectivity index (χ4v) is 3.42. The molecule has 0 bridgehead atoms. The van der Waals surface area contributed by atoms with Gasteiger partial charge >= 0.3 is 0 Å². The van der Waals surface area contributed by atoms with Crippen LogP contribution < -0.4 is 0 Å². The second kappa shape index (κ2) is 5.35. The van der Waals surface area contributed by atoms with Crippen LogP contribution in [0.1, 0.15) is 20.8 Å². The molecule has 3 rings (SSSR count). The summed E-state index contributed by atoms with van der Waals surface area (Å²) in [5, 5.41) is 3.52. The number of aryl methyl sites for hydroxylation is 1. The first kappa shape index (κ1) is 13.3. The summed E-state index contributed by atoms with van der Waals surface area (Å²) in [7, 11) is 0. The number of hydrogen-bond donors (Lipinski definition) is 0. The number of thiophene rings is 1. The number of Topliss-reactive ketones (excluding diaryl/α,β-unsaturated/α-hetero) is 1. The van der Waals surface area contributed by atoms with Gasteiger partial charge in [0.1, 0.15) is 0 Å². The number of ketones is 1. The average Bonchev–Trinajstić information content (AvgIpc) is 2.79. The van der Waals surface area contributed by atoms with Crippen molar-refractivity contribution in [1.29, 1.82) is 0 Å². The van der Waals surface area contributed by atoms with E-state index in [1.165, 1.54) is 11.3 Å². The summed E-state index contributed by atoms with van der Waals surface area (Å²) in [5.74, 6) is 0.0597. The van der Waals surface area contributed by atoms with Crippen molar-refractivity contribution in [2.75, 3.05) is 0 Å². The zero-order valence-electron chi connectivity index (χ0n) is 10.9. The summed E-state index contributed by atoms with van der Waals surface area (Å²) < 4.78 is 0. The lowest BCUT2D eigenvalue weighted by molar-refractivity contribution is 0.0997. The molecule has 0 fully saturated rings. The van der Waals surface area contributed by atoms with Crippen molar-refractivity contribution < 1.29 is 4.79 Å². The van der Waals surface area contributed by atoms with Gasteiger partial charge in [-0.25, -0.2) is 0 Å². The first-order valence-corrected chi connectivity index (χ1v) is 7.52. The van der Waals surface area contributed by atoms with Crippen molar-refractivity contribution in [3.05, 3.63) is 62.9 Å². The summed E-state index contributed by atoms with van der Waals surface area (Å²) in [6, 6.07) is 9.74. The minimum atomic E-state index is 0.0597. The molecule has 0 saturated heterocycles. The van der Waals surface area contributed by atoms with Gasteiger partial charge in [-0.2, -0.15) is 0 Å². The summed E-state index contributed by atoms with van der Waals surface area (Å²) in [6.45, 7) is 1.91. The van der Waals surface area contributed by atoms with Gasteiger partial charge in [0.15, 0.2) is 5.78 Å². The fourth-order valence-electron chi connectivity index (χ4n) is 2.18. The fraction of sp³-hybridized carbons (Fsp3) is 0.125. The van der Waals surface area contributed by atoms with E-state index < -0.39 is 0 Å². The number of nitrogens with zero attached hydrogens (tertiary/aromatic N) is 1. The minimum absolute atomic E-state index is 0.0597. The number of pyridine rings is 1. The predicted octanol–water partition coefficient (Wildman–Crippen LogP) is 4.68. The van der Waals surface area contributed by atoms with Gasteiger partial charge in [0.25, 0.3) is 0 Å². The van der Waals surface area contributed by atoms with Gasteiger partial charge in [-0.3, -0.25) is 9.78 Å².